The number of methoxy groups -OCH3 is 1. The molecule has 1 heterocycles. The second-order valence-corrected chi connectivity index (χ2v) is 6.88. The van der Waals surface area contributed by atoms with E-state index in [0.717, 1.165) is 36.9 Å². The summed E-state index contributed by atoms with van der Waals surface area (Å²) in [6.07, 6.45) is 4.74. The number of hydrogen-bond donors (Lipinski definition) is 0. The fourth-order valence-electron chi connectivity index (χ4n) is 3.67. The first-order valence-corrected chi connectivity index (χ1v) is 8.82. The number of hydrogen-bond acceptors (Lipinski definition) is 3. The Morgan fingerprint density at radius 3 is 2.78 bits per heavy atom. The molecule has 23 heavy (non-hydrogen) atoms. The molecule has 0 aromatic heterocycles. The van der Waals surface area contributed by atoms with Crippen LogP contribution in [-0.4, -0.2) is 48.5 Å². The highest BCUT2D eigenvalue weighted by Gasteiger charge is 2.30. The van der Waals surface area contributed by atoms with E-state index >= 15 is 0 Å². The molecule has 3 rings (SSSR count). The minimum atomic E-state index is 0.274. The van der Waals surface area contributed by atoms with Crippen LogP contribution in [0.2, 0.25) is 0 Å². The Morgan fingerprint density at radius 2 is 2.09 bits per heavy atom. The normalized spacial score (nSPS) is 21.7. The van der Waals surface area contributed by atoms with Gasteiger partial charge in [-0.1, -0.05) is 18.6 Å². The van der Waals surface area contributed by atoms with Gasteiger partial charge in [-0.15, -0.1) is 0 Å². The molecule has 1 amide bonds. The van der Waals surface area contributed by atoms with Crippen molar-refractivity contribution in [2.24, 2.45) is 5.92 Å². The van der Waals surface area contributed by atoms with Crippen LogP contribution >= 0.6 is 0 Å². The van der Waals surface area contributed by atoms with Gasteiger partial charge in [0.05, 0.1) is 7.11 Å². The fourth-order valence-corrected chi connectivity index (χ4v) is 3.67. The summed E-state index contributed by atoms with van der Waals surface area (Å²) in [5.41, 5.74) is 1.14. The van der Waals surface area contributed by atoms with Crippen LogP contribution in [0.5, 0.6) is 5.75 Å². The summed E-state index contributed by atoms with van der Waals surface area (Å²) in [6, 6.07) is 8.63. The van der Waals surface area contributed by atoms with E-state index in [0.29, 0.717) is 19.0 Å². The molecule has 126 valence electrons. The predicted molar refractivity (Wildman–Crippen MR) is 91.4 cm³/mol. The van der Waals surface area contributed by atoms with Crippen LogP contribution in [0.25, 0.3) is 0 Å². The minimum absolute atomic E-state index is 0.274. The van der Waals surface area contributed by atoms with E-state index in [-0.39, 0.29) is 5.91 Å². The molecule has 0 radical (unpaired) electrons. The molecule has 2 aliphatic rings. The molecule has 1 saturated heterocycles. The summed E-state index contributed by atoms with van der Waals surface area (Å²) in [7, 11) is 1.68. The molecule has 4 nitrogen and oxygen atoms in total. The quantitative estimate of drug-likeness (QED) is 0.837. The van der Waals surface area contributed by atoms with Gasteiger partial charge in [-0.25, -0.2) is 0 Å². The second-order valence-electron chi connectivity index (χ2n) is 6.88. The average Bonchev–Trinajstić information content (AvgIpc) is 2.68. The van der Waals surface area contributed by atoms with Crippen LogP contribution in [0.1, 0.15) is 38.2 Å². The van der Waals surface area contributed by atoms with Crippen molar-refractivity contribution >= 4 is 5.91 Å². The molecule has 2 fully saturated rings. The van der Waals surface area contributed by atoms with Crippen molar-refractivity contribution < 1.29 is 9.53 Å². The topological polar surface area (TPSA) is 32.8 Å². The maximum absolute atomic E-state index is 12.5. The summed E-state index contributed by atoms with van der Waals surface area (Å²) >= 11 is 0. The number of rotatable bonds is 5. The van der Waals surface area contributed by atoms with Gasteiger partial charge in [-0.05, 0) is 43.4 Å². The number of benzene rings is 1. The smallest absolute Gasteiger partial charge is 0.224 e. The van der Waals surface area contributed by atoms with Crippen LogP contribution in [0.3, 0.4) is 0 Å². The number of nitrogens with zero attached hydrogens (tertiary/aromatic N) is 2. The predicted octanol–water partition coefficient (Wildman–Crippen LogP) is 2.92. The third-order valence-electron chi connectivity index (χ3n) is 5.54. The third-order valence-corrected chi connectivity index (χ3v) is 5.54. The van der Waals surface area contributed by atoms with E-state index in [1.165, 1.54) is 19.3 Å². The summed E-state index contributed by atoms with van der Waals surface area (Å²) in [5, 5.41) is 0. The fraction of sp³-hybridized carbons (Fsp3) is 0.632. The summed E-state index contributed by atoms with van der Waals surface area (Å²) in [6.45, 7) is 5.75. The van der Waals surface area contributed by atoms with Gasteiger partial charge in [0.15, 0.2) is 0 Å². The monoisotopic (exact) mass is 316 g/mol. The summed E-state index contributed by atoms with van der Waals surface area (Å²) in [5.74, 6) is 1.97. The molecule has 1 aliphatic carbocycles. The Hall–Kier alpha value is -1.55. The van der Waals surface area contributed by atoms with Gasteiger partial charge in [0, 0.05) is 38.6 Å². The van der Waals surface area contributed by atoms with Gasteiger partial charge < -0.3 is 9.64 Å². The van der Waals surface area contributed by atoms with E-state index in [1.54, 1.807) is 7.11 Å². The zero-order valence-electron chi connectivity index (χ0n) is 14.3. The maximum atomic E-state index is 12.5. The van der Waals surface area contributed by atoms with E-state index in [9.17, 15) is 4.79 Å². The highest BCUT2D eigenvalue weighted by molar-refractivity contribution is 5.76. The van der Waals surface area contributed by atoms with Gasteiger partial charge in [0.25, 0.3) is 0 Å². The van der Waals surface area contributed by atoms with E-state index in [1.807, 2.05) is 23.1 Å². The molecular formula is C19H28N2O2. The first kappa shape index (κ1) is 16.3. The largest absolute Gasteiger partial charge is 0.497 e. The standard InChI is InChI=1S/C19H28N2O2/c1-15(17-6-4-7-17)20-10-9-19(22)21(12-11-20)14-16-5-3-8-18(13-16)23-2/h3,5,8,13,15,17H,4,6-7,9-12,14H2,1-2H3. The Balaban J connectivity index is 1.60. The number of amides is 1. The Kier molecular flexibility index (Phi) is 5.21. The van der Waals surface area contributed by atoms with Crippen LogP contribution < -0.4 is 4.74 Å². The zero-order valence-corrected chi connectivity index (χ0v) is 14.3. The lowest BCUT2D eigenvalue weighted by atomic mass is 9.80. The van der Waals surface area contributed by atoms with Crippen molar-refractivity contribution in [2.45, 2.75) is 45.2 Å². The van der Waals surface area contributed by atoms with E-state index in [2.05, 4.69) is 17.9 Å². The van der Waals surface area contributed by atoms with Gasteiger partial charge >= 0.3 is 0 Å². The molecule has 1 aliphatic heterocycles. The Bertz CT molecular complexity index is 542. The first-order chi connectivity index (χ1) is 11.2. The number of ether oxygens (including phenoxy) is 1. The highest BCUT2D eigenvalue weighted by Crippen LogP contribution is 2.32. The van der Waals surface area contributed by atoms with E-state index in [4.69, 9.17) is 4.74 Å². The second kappa shape index (κ2) is 7.35. The molecule has 4 heteroatoms. The lowest BCUT2D eigenvalue weighted by Crippen LogP contribution is -2.43. The maximum Gasteiger partial charge on any atom is 0.224 e. The highest BCUT2D eigenvalue weighted by atomic mass is 16.5. The molecule has 1 unspecified atom stereocenters. The lowest BCUT2D eigenvalue weighted by Gasteiger charge is -2.38. The van der Waals surface area contributed by atoms with Gasteiger partial charge in [-0.2, -0.15) is 0 Å². The summed E-state index contributed by atoms with van der Waals surface area (Å²) < 4.78 is 5.28. The zero-order chi connectivity index (χ0) is 16.2. The number of carbonyl (C=O) groups excluding carboxylic acids is 1. The van der Waals surface area contributed by atoms with Crippen LogP contribution in [-0.2, 0) is 11.3 Å². The number of carbonyl (C=O) groups is 1. The lowest BCUT2D eigenvalue weighted by molar-refractivity contribution is -0.130. The summed E-state index contributed by atoms with van der Waals surface area (Å²) in [4.78, 5) is 17.0. The molecule has 0 bridgehead atoms. The molecule has 0 spiro atoms. The van der Waals surface area contributed by atoms with Crippen molar-refractivity contribution in [1.29, 1.82) is 0 Å². The van der Waals surface area contributed by atoms with Gasteiger partial charge in [0.2, 0.25) is 5.91 Å². The molecular weight excluding hydrogens is 288 g/mol. The van der Waals surface area contributed by atoms with Crippen LogP contribution in [0.15, 0.2) is 24.3 Å². The van der Waals surface area contributed by atoms with Crippen molar-refractivity contribution in [3.63, 3.8) is 0 Å². The van der Waals surface area contributed by atoms with Crippen molar-refractivity contribution in [2.75, 3.05) is 26.7 Å². The van der Waals surface area contributed by atoms with Gasteiger partial charge in [0.1, 0.15) is 5.75 Å². The third kappa shape index (κ3) is 3.86. The van der Waals surface area contributed by atoms with Crippen LogP contribution in [0.4, 0.5) is 0 Å². The molecule has 1 aromatic rings. The molecule has 1 atom stereocenters. The Labute approximate surface area is 139 Å². The Morgan fingerprint density at radius 1 is 1.26 bits per heavy atom. The average molecular weight is 316 g/mol. The van der Waals surface area contributed by atoms with Crippen molar-refractivity contribution in [1.82, 2.24) is 9.80 Å². The SMILES string of the molecule is COc1cccc(CN2CCN(C(C)C3CCC3)CCC2=O)c1. The molecule has 1 aromatic carbocycles. The van der Waals surface area contributed by atoms with Crippen molar-refractivity contribution in [3.05, 3.63) is 29.8 Å². The molecule has 0 N–H and O–H groups in total. The van der Waals surface area contributed by atoms with Crippen LogP contribution in [0, 0.1) is 5.92 Å². The molecule has 1 saturated carbocycles. The van der Waals surface area contributed by atoms with Gasteiger partial charge in [-0.3, -0.25) is 9.69 Å². The first-order valence-electron chi connectivity index (χ1n) is 8.82. The van der Waals surface area contributed by atoms with E-state index < -0.39 is 0 Å². The minimum Gasteiger partial charge on any atom is -0.497 e. The van der Waals surface area contributed by atoms with Crippen molar-refractivity contribution in [3.8, 4) is 5.75 Å².